The molecule has 0 radical (unpaired) electrons. The minimum Gasteiger partial charge on any atom is -0.495 e. The Morgan fingerprint density at radius 3 is 2.77 bits per heavy atom. The summed E-state index contributed by atoms with van der Waals surface area (Å²) in [5.41, 5.74) is 0.839. The van der Waals surface area contributed by atoms with Crippen LogP contribution in [0.15, 0.2) is 36.7 Å². The van der Waals surface area contributed by atoms with E-state index in [1.54, 1.807) is 18.2 Å². The van der Waals surface area contributed by atoms with Gasteiger partial charge in [0.2, 0.25) is 5.91 Å². The van der Waals surface area contributed by atoms with Crippen molar-refractivity contribution in [3.05, 3.63) is 42.5 Å². The molecule has 1 amide bonds. The number of piperazine rings is 1. The van der Waals surface area contributed by atoms with Crippen LogP contribution in [0, 0.1) is 0 Å². The first kappa shape index (κ1) is 14.6. The highest BCUT2D eigenvalue weighted by Gasteiger charge is 2.27. The molecule has 6 nitrogen and oxygen atoms in total. The maximum absolute atomic E-state index is 12.5. The zero-order valence-electron chi connectivity index (χ0n) is 12.9. The lowest BCUT2D eigenvalue weighted by molar-refractivity contribution is -0.121. The lowest BCUT2D eigenvalue weighted by Gasteiger charge is -2.34. The van der Waals surface area contributed by atoms with Gasteiger partial charge in [0.1, 0.15) is 11.6 Å². The lowest BCUT2D eigenvalue weighted by Crippen LogP contribution is -2.50. The van der Waals surface area contributed by atoms with Gasteiger partial charge in [-0.05, 0) is 12.1 Å². The summed E-state index contributed by atoms with van der Waals surface area (Å²) in [7, 11) is 3.59. The summed E-state index contributed by atoms with van der Waals surface area (Å²) in [6.45, 7) is 2.56. The topological polar surface area (TPSA) is 50.6 Å². The summed E-state index contributed by atoms with van der Waals surface area (Å²) >= 11 is 0. The van der Waals surface area contributed by atoms with Gasteiger partial charge in [0.25, 0.3) is 0 Å². The van der Waals surface area contributed by atoms with Gasteiger partial charge < -0.3 is 14.2 Å². The van der Waals surface area contributed by atoms with E-state index in [-0.39, 0.29) is 5.91 Å². The number of nitrogens with zero attached hydrogens (tertiary/aromatic N) is 4. The third-order valence-corrected chi connectivity index (χ3v) is 3.96. The number of hydrogen-bond donors (Lipinski definition) is 0. The normalized spacial score (nSPS) is 16.1. The third kappa shape index (κ3) is 2.82. The molecular weight excluding hydrogens is 280 g/mol. The number of carbonyl (C=O) groups is 1. The second-order valence-corrected chi connectivity index (χ2v) is 5.38. The summed E-state index contributed by atoms with van der Waals surface area (Å²) in [4.78, 5) is 20.7. The van der Waals surface area contributed by atoms with Gasteiger partial charge in [0.15, 0.2) is 0 Å². The van der Waals surface area contributed by atoms with Gasteiger partial charge in [-0.2, -0.15) is 0 Å². The molecule has 0 unspecified atom stereocenters. The van der Waals surface area contributed by atoms with Crippen molar-refractivity contribution in [2.75, 3.05) is 31.6 Å². The van der Waals surface area contributed by atoms with Gasteiger partial charge in [-0.3, -0.25) is 9.69 Å². The molecule has 0 atom stereocenters. The predicted octanol–water partition coefficient (Wildman–Crippen LogP) is 1.28. The van der Waals surface area contributed by atoms with Gasteiger partial charge >= 0.3 is 0 Å². The zero-order chi connectivity index (χ0) is 15.5. The van der Waals surface area contributed by atoms with Gasteiger partial charge in [-0.15, -0.1) is 0 Å². The zero-order valence-corrected chi connectivity index (χ0v) is 12.9. The number of benzene rings is 1. The Labute approximate surface area is 129 Å². The van der Waals surface area contributed by atoms with Crippen LogP contribution in [0.4, 0.5) is 5.69 Å². The maximum atomic E-state index is 12.5. The number of anilines is 1. The van der Waals surface area contributed by atoms with Crippen LogP contribution in [0.5, 0.6) is 5.75 Å². The molecule has 0 spiro atoms. The van der Waals surface area contributed by atoms with E-state index in [0.29, 0.717) is 19.6 Å². The number of rotatable bonds is 4. The maximum Gasteiger partial charge on any atom is 0.241 e. The van der Waals surface area contributed by atoms with E-state index >= 15 is 0 Å². The fourth-order valence-electron chi connectivity index (χ4n) is 2.71. The minimum absolute atomic E-state index is 0.0879. The fraction of sp³-hybridized carbons (Fsp3) is 0.375. The molecule has 1 aromatic carbocycles. The molecule has 1 aromatic heterocycles. The molecule has 2 heterocycles. The van der Waals surface area contributed by atoms with E-state index in [1.165, 1.54) is 0 Å². The first-order valence-electron chi connectivity index (χ1n) is 7.31. The molecule has 0 aliphatic carbocycles. The smallest absolute Gasteiger partial charge is 0.241 e. The van der Waals surface area contributed by atoms with Crippen molar-refractivity contribution in [1.82, 2.24) is 14.5 Å². The molecule has 0 N–H and O–H groups in total. The number of para-hydroxylation sites is 2. The number of methoxy groups -OCH3 is 1. The van der Waals surface area contributed by atoms with E-state index < -0.39 is 0 Å². The van der Waals surface area contributed by atoms with Gasteiger partial charge in [0, 0.05) is 32.5 Å². The number of ether oxygens (including phenoxy) is 1. The number of carbonyl (C=O) groups excluding carboxylic acids is 1. The van der Waals surface area contributed by atoms with E-state index in [0.717, 1.165) is 23.8 Å². The molecule has 0 bridgehead atoms. The van der Waals surface area contributed by atoms with Gasteiger partial charge in [-0.1, -0.05) is 12.1 Å². The molecule has 0 saturated carbocycles. The average Bonchev–Trinajstić information content (AvgIpc) is 2.93. The highest BCUT2D eigenvalue weighted by atomic mass is 16.5. The van der Waals surface area contributed by atoms with Crippen LogP contribution in [-0.2, 0) is 18.4 Å². The number of aryl methyl sites for hydroxylation is 1. The summed E-state index contributed by atoms with van der Waals surface area (Å²) in [6.07, 6.45) is 3.70. The van der Waals surface area contributed by atoms with Crippen molar-refractivity contribution >= 4 is 11.6 Å². The van der Waals surface area contributed by atoms with Crippen LogP contribution < -0.4 is 9.64 Å². The number of amides is 1. The third-order valence-electron chi connectivity index (χ3n) is 3.96. The SMILES string of the molecule is COc1ccccc1N1CCN(Cc2nccn2C)CC1=O. The molecule has 22 heavy (non-hydrogen) atoms. The van der Waals surface area contributed by atoms with E-state index in [4.69, 9.17) is 4.74 Å². The average molecular weight is 300 g/mol. The molecule has 6 heteroatoms. The van der Waals surface area contributed by atoms with Crippen molar-refractivity contribution in [1.29, 1.82) is 0 Å². The monoisotopic (exact) mass is 300 g/mol. The van der Waals surface area contributed by atoms with Crippen LogP contribution in [0.3, 0.4) is 0 Å². The highest BCUT2D eigenvalue weighted by Crippen LogP contribution is 2.28. The lowest BCUT2D eigenvalue weighted by atomic mass is 10.2. The van der Waals surface area contributed by atoms with Crippen LogP contribution in [0.25, 0.3) is 0 Å². The highest BCUT2D eigenvalue weighted by molar-refractivity contribution is 5.96. The molecule has 1 saturated heterocycles. The van der Waals surface area contributed by atoms with Crippen LogP contribution in [0.1, 0.15) is 5.82 Å². The largest absolute Gasteiger partial charge is 0.495 e. The number of aromatic nitrogens is 2. The Hall–Kier alpha value is -2.34. The Bertz CT molecular complexity index is 668. The Balaban J connectivity index is 1.70. The van der Waals surface area contributed by atoms with E-state index in [1.807, 2.05) is 42.1 Å². The molecular formula is C16H20N4O2. The van der Waals surface area contributed by atoms with Crippen LogP contribution in [0.2, 0.25) is 0 Å². The Morgan fingerprint density at radius 1 is 1.27 bits per heavy atom. The summed E-state index contributed by atoms with van der Waals surface area (Å²) in [5.74, 6) is 1.79. The van der Waals surface area contributed by atoms with Crippen LogP contribution in [-0.4, -0.2) is 47.1 Å². The van der Waals surface area contributed by atoms with E-state index in [9.17, 15) is 4.79 Å². The summed E-state index contributed by atoms with van der Waals surface area (Å²) in [6, 6.07) is 7.63. The number of imidazole rings is 1. The standard InChI is InChI=1S/C16H20N4O2/c1-18-8-7-17-15(18)11-19-9-10-20(16(21)12-19)13-5-3-4-6-14(13)22-2/h3-8H,9-12H2,1-2H3. The molecule has 3 rings (SSSR count). The Kier molecular flexibility index (Phi) is 4.11. The van der Waals surface area contributed by atoms with Crippen LogP contribution >= 0.6 is 0 Å². The van der Waals surface area contributed by atoms with Crippen molar-refractivity contribution in [2.45, 2.75) is 6.54 Å². The molecule has 2 aromatic rings. The summed E-state index contributed by atoms with van der Waals surface area (Å²) in [5, 5.41) is 0. The minimum atomic E-state index is 0.0879. The first-order valence-corrected chi connectivity index (χ1v) is 7.31. The van der Waals surface area contributed by atoms with Gasteiger partial charge in [-0.25, -0.2) is 4.98 Å². The second kappa shape index (κ2) is 6.19. The quantitative estimate of drug-likeness (QED) is 0.853. The molecule has 1 aliphatic rings. The second-order valence-electron chi connectivity index (χ2n) is 5.38. The number of hydrogen-bond acceptors (Lipinski definition) is 4. The van der Waals surface area contributed by atoms with Crippen molar-refractivity contribution in [2.24, 2.45) is 7.05 Å². The fourth-order valence-corrected chi connectivity index (χ4v) is 2.71. The summed E-state index contributed by atoms with van der Waals surface area (Å²) < 4.78 is 7.34. The van der Waals surface area contributed by atoms with Crippen molar-refractivity contribution in [3.63, 3.8) is 0 Å². The first-order chi connectivity index (χ1) is 10.7. The van der Waals surface area contributed by atoms with Crippen molar-refractivity contribution < 1.29 is 9.53 Å². The molecule has 1 fully saturated rings. The van der Waals surface area contributed by atoms with Gasteiger partial charge in [0.05, 0.1) is 25.9 Å². The predicted molar refractivity (Wildman–Crippen MR) is 83.8 cm³/mol. The van der Waals surface area contributed by atoms with Crippen molar-refractivity contribution in [3.8, 4) is 5.75 Å². The Morgan fingerprint density at radius 2 is 2.09 bits per heavy atom. The molecule has 116 valence electrons. The van der Waals surface area contributed by atoms with E-state index in [2.05, 4.69) is 9.88 Å². The molecule has 1 aliphatic heterocycles.